The highest BCUT2D eigenvalue weighted by molar-refractivity contribution is 6.17. The Morgan fingerprint density at radius 1 is 1.21 bits per heavy atom. The maximum atomic E-state index is 11.8. The number of nitrogens with one attached hydrogen (secondary N) is 1. The number of hydrogen-bond donors (Lipinski definition) is 1. The molecule has 0 atom stereocenters. The molecule has 4 nitrogen and oxygen atoms in total. The first-order chi connectivity index (χ1) is 9.12. The molecular weight excluding hydrogens is 266 g/mol. The summed E-state index contributed by atoms with van der Waals surface area (Å²) in [7, 11) is 3.15. The summed E-state index contributed by atoms with van der Waals surface area (Å²) < 4.78 is 10.4. The Hall–Kier alpha value is -1.42. The molecule has 0 aromatic heterocycles. The van der Waals surface area contributed by atoms with Crippen LogP contribution in [0.1, 0.15) is 24.8 Å². The molecule has 0 radical (unpaired) electrons. The smallest absolute Gasteiger partial charge is 0.224 e. The van der Waals surface area contributed by atoms with Crippen LogP contribution in [0.15, 0.2) is 12.1 Å². The largest absolute Gasteiger partial charge is 0.493 e. The van der Waals surface area contributed by atoms with Gasteiger partial charge in [-0.2, -0.15) is 0 Å². The van der Waals surface area contributed by atoms with Crippen LogP contribution in [0.25, 0.3) is 0 Å². The van der Waals surface area contributed by atoms with Crippen molar-refractivity contribution in [3.63, 3.8) is 0 Å². The zero-order chi connectivity index (χ0) is 14.3. The third-order valence-electron chi connectivity index (χ3n) is 2.79. The van der Waals surface area contributed by atoms with Crippen molar-refractivity contribution in [1.82, 2.24) is 0 Å². The maximum absolute atomic E-state index is 11.8. The van der Waals surface area contributed by atoms with Crippen LogP contribution in [0, 0.1) is 6.92 Å². The number of hydrogen-bond acceptors (Lipinski definition) is 3. The Labute approximate surface area is 119 Å². The normalized spacial score (nSPS) is 10.1. The van der Waals surface area contributed by atoms with Crippen LogP contribution in [0.5, 0.6) is 11.5 Å². The summed E-state index contributed by atoms with van der Waals surface area (Å²) in [6.45, 7) is 1.91. The minimum atomic E-state index is -0.0135. The van der Waals surface area contributed by atoms with Crippen LogP contribution in [0.3, 0.4) is 0 Å². The monoisotopic (exact) mass is 285 g/mol. The van der Waals surface area contributed by atoms with Crippen molar-refractivity contribution in [3.8, 4) is 11.5 Å². The first-order valence-corrected chi connectivity index (χ1v) is 6.74. The molecule has 0 saturated heterocycles. The van der Waals surface area contributed by atoms with Gasteiger partial charge >= 0.3 is 0 Å². The van der Waals surface area contributed by atoms with Crippen LogP contribution in [-0.4, -0.2) is 26.0 Å². The first-order valence-electron chi connectivity index (χ1n) is 6.20. The van der Waals surface area contributed by atoms with Crippen LogP contribution in [0.4, 0.5) is 5.69 Å². The molecule has 1 amide bonds. The molecule has 0 unspecified atom stereocenters. The van der Waals surface area contributed by atoms with Crippen LogP contribution in [-0.2, 0) is 4.79 Å². The number of ether oxygens (including phenoxy) is 2. The Bertz CT molecular complexity index is 435. The average molecular weight is 286 g/mol. The number of carbonyl (C=O) groups is 1. The second-order valence-electron chi connectivity index (χ2n) is 4.22. The molecule has 19 heavy (non-hydrogen) atoms. The number of carbonyl (C=O) groups excluding carboxylic acids is 1. The maximum Gasteiger partial charge on any atom is 0.224 e. The highest BCUT2D eigenvalue weighted by atomic mass is 35.5. The standard InChI is InChI=1S/C14H20ClNO3/c1-10-8-12(18-2)13(19-3)9-11(10)16-14(17)6-4-5-7-15/h8-9H,4-7H2,1-3H3,(H,16,17). The molecule has 0 bridgehead atoms. The summed E-state index contributed by atoms with van der Waals surface area (Å²) in [6.07, 6.45) is 2.11. The van der Waals surface area contributed by atoms with E-state index in [4.69, 9.17) is 21.1 Å². The molecular formula is C14H20ClNO3. The fourth-order valence-corrected chi connectivity index (χ4v) is 1.90. The zero-order valence-corrected chi connectivity index (χ0v) is 12.3. The predicted molar refractivity (Wildman–Crippen MR) is 77.5 cm³/mol. The number of alkyl halides is 1. The van der Waals surface area contributed by atoms with Crippen LogP contribution >= 0.6 is 11.6 Å². The molecule has 0 aliphatic heterocycles. The number of rotatable bonds is 7. The van der Waals surface area contributed by atoms with Gasteiger partial charge in [-0.15, -0.1) is 11.6 Å². The molecule has 1 N–H and O–H groups in total. The van der Waals surface area contributed by atoms with E-state index >= 15 is 0 Å². The predicted octanol–water partition coefficient (Wildman–Crippen LogP) is 3.36. The van der Waals surface area contributed by atoms with E-state index in [9.17, 15) is 4.79 Å². The summed E-state index contributed by atoms with van der Waals surface area (Å²) >= 11 is 5.58. The number of benzene rings is 1. The third kappa shape index (κ3) is 4.63. The number of aryl methyl sites for hydroxylation is 1. The van der Waals surface area contributed by atoms with Crippen molar-refractivity contribution in [3.05, 3.63) is 17.7 Å². The summed E-state index contributed by atoms with van der Waals surface area (Å²) in [5.74, 6) is 1.83. The number of unbranched alkanes of at least 4 members (excludes halogenated alkanes) is 1. The quantitative estimate of drug-likeness (QED) is 0.617. The third-order valence-corrected chi connectivity index (χ3v) is 3.06. The van der Waals surface area contributed by atoms with Gasteiger partial charge in [0.05, 0.1) is 14.2 Å². The van der Waals surface area contributed by atoms with Gasteiger partial charge in [0.2, 0.25) is 5.91 Å². The second kappa shape index (κ2) is 7.89. The van der Waals surface area contributed by atoms with Crippen LogP contribution in [0.2, 0.25) is 0 Å². The van der Waals surface area contributed by atoms with E-state index in [-0.39, 0.29) is 5.91 Å². The van der Waals surface area contributed by atoms with Gasteiger partial charge in [0.15, 0.2) is 11.5 Å². The van der Waals surface area contributed by atoms with E-state index in [1.165, 1.54) is 0 Å². The molecule has 1 aromatic rings. The topological polar surface area (TPSA) is 47.6 Å². The molecule has 0 saturated carbocycles. The van der Waals surface area contributed by atoms with E-state index in [0.717, 1.165) is 24.1 Å². The Balaban J connectivity index is 2.75. The summed E-state index contributed by atoms with van der Waals surface area (Å²) in [5.41, 5.74) is 1.68. The van der Waals surface area contributed by atoms with E-state index < -0.39 is 0 Å². The molecule has 106 valence electrons. The van der Waals surface area contributed by atoms with Crippen molar-refractivity contribution < 1.29 is 14.3 Å². The Morgan fingerprint density at radius 2 is 1.84 bits per heavy atom. The van der Waals surface area contributed by atoms with Gasteiger partial charge in [-0.25, -0.2) is 0 Å². The van der Waals surface area contributed by atoms with Crippen molar-refractivity contribution in [2.75, 3.05) is 25.4 Å². The SMILES string of the molecule is COc1cc(C)c(NC(=O)CCCCCl)cc1OC. The van der Waals surface area contributed by atoms with Gasteiger partial charge in [0.1, 0.15) is 0 Å². The molecule has 0 aliphatic rings. The van der Waals surface area contributed by atoms with Gasteiger partial charge in [-0.05, 0) is 31.4 Å². The van der Waals surface area contributed by atoms with Gasteiger partial charge < -0.3 is 14.8 Å². The van der Waals surface area contributed by atoms with E-state index in [2.05, 4.69) is 5.32 Å². The molecule has 5 heteroatoms. The van der Waals surface area contributed by atoms with Crippen molar-refractivity contribution in [1.29, 1.82) is 0 Å². The number of halogens is 1. The lowest BCUT2D eigenvalue weighted by atomic mass is 10.1. The highest BCUT2D eigenvalue weighted by Gasteiger charge is 2.10. The molecule has 1 aromatic carbocycles. The summed E-state index contributed by atoms with van der Waals surface area (Å²) in [5, 5.41) is 2.88. The number of methoxy groups -OCH3 is 2. The van der Waals surface area contributed by atoms with Gasteiger partial charge in [0, 0.05) is 24.1 Å². The molecule has 0 heterocycles. The van der Waals surface area contributed by atoms with Gasteiger partial charge in [-0.3, -0.25) is 4.79 Å². The molecule has 1 rings (SSSR count). The van der Waals surface area contributed by atoms with Crippen molar-refractivity contribution in [2.45, 2.75) is 26.2 Å². The Kier molecular flexibility index (Phi) is 6.50. The Morgan fingerprint density at radius 3 is 2.42 bits per heavy atom. The first kappa shape index (κ1) is 15.6. The highest BCUT2D eigenvalue weighted by Crippen LogP contribution is 2.32. The summed E-state index contributed by atoms with van der Waals surface area (Å²) in [4.78, 5) is 11.8. The van der Waals surface area contributed by atoms with Crippen molar-refractivity contribution >= 4 is 23.2 Å². The second-order valence-corrected chi connectivity index (χ2v) is 4.59. The van der Waals surface area contributed by atoms with E-state index in [1.54, 1.807) is 20.3 Å². The fraction of sp³-hybridized carbons (Fsp3) is 0.500. The fourth-order valence-electron chi connectivity index (χ4n) is 1.71. The lowest BCUT2D eigenvalue weighted by Gasteiger charge is -2.13. The average Bonchev–Trinajstić information content (AvgIpc) is 2.40. The van der Waals surface area contributed by atoms with Gasteiger partial charge in [0.25, 0.3) is 0 Å². The van der Waals surface area contributed by atoms with Crippen LogP contribution < -0.4 is 14.8 Å². The molecule has 0 fully saturated rings. The lowest BCUT2D eigenvalue weighted by Crippen LogP contribution is -2.12. The summed E-state index contributed by atoms with van der Waals surface area (Å²) in [6, 6.07) is 3.61. The lowest BCUT2D eigenvalue weighted by molar-refractivity contribution is -0.116. The minimum Gasteiger partial charge on any atom is -0.493 e. The van der Waals surface area contributed by atoms with E-state index in [1.807, 2.05) is 13.0 Å². The van der Waals surface area contributed by atoms with E-state index in [0.29, 0.717) is 23.8 Å². The van der Waals surface area contributed by atoms with Crippen molar-refractivity contribution in [2.24, 2.45) is 0 Å². The van der Waals surface area contributed by atoms with Gasteiger partial charge in [-0.1, -0.05) is 0 Å². The number of amides is 1. The molecule has 0 spiro atoms. The minimum absolute atomic E-state index is 0.0135. The number of anilines is 1. The molecule has 0 aliphatic carbocycles. The zero-order valence-electron chi connectivity index (χ0n) is 11.6.